The van der Waals surface area contributed by atoms with Crippen molar-refractivity contribution in [1.82, 2.24) is 0 Å². The molecule has 0 heterocycles. The number of rotatable bonds is 6. The molecule has 0 aromatic heterocycles. The molecule has 12 atom stereocenters. The van der Waals surface area contributed by atoms with E-state index in [1.165, 1.54) is 0 Å². The molecule has 0 amide bonds. The molecule has 10 nitrogen and oxygen atoms in total. The summed E-state index contributed by atoms with van der Waals surface area (Å²) in [7, 11) is 3.12. The SMILES string of the molecule is COC[C@@]1(O)CC[C@@H]2/C1=C\[C@]1(C)C(=C(C(C)C)C(=O)[C@H]1O)C[C@H](O)[C@@H]2C.COC[C@@]1(O)CC[C@@H]2/C1=C\[C@]1(C)C(=C(C(C)C)C(=O)[C@H]1O)C[C@H](O)[C@@H]2C. The molecule has 6 aliphatic carbocycles. The van der Waals surface area contributed by atoms with E-state index in [2.05, 4.69) is 0 Å². The number of carbonyl (C=O) groups is 2. The molecule has 0 aliphatic heterocycles. The van der Waals surface area contributed by atoms with E-state index in [1.807, 2.05) is 67.5 Å². The van der Waals surface area contributed by atoms with Gasteiger partial charge in [-0.05, 0) is 110 Å². The molecular formula is C42H64O10. The number of ether oxygens (including phenoxy) is 2. The molecule has 0 radical (unpaired) electrons. The van der Waals surface area contributed by atoms with Gasteiger partial charge in [-0.15, -0.1) is 0 Å². The van der Waals surface area contributed by atoms with Crippen LogP contribution in [0.5, 0.6) is 0 Å². The molecule has 0 unspecified atom stereocenters. The Morgan fingerprint density at radius 1 is 0.673 bits per heavy atom. The minimum absolute atomic E-state index is 0.0217. The molecule has 6 N–H and O–H groups in total. The summed E-state index contributed by atoms with van der Waals surface area (Å²) in [5.74, 6) is -0.571. The van der Waals surface area contributed by atoms with Crippen LogP contribution in [0, 0.1) is 46.3 Å². The second-order valence-corrected chi connectivity index (χ2v) is 17.9. The summed E-state index contributed by atoms with van der Waals surface area (Å²) in [6.45, 7) is 15.9. The number of methoxy groups -OCH3 is 2. The third kappa shape index (κ3) is 6.47. The van der Waals surface area contributed by atoms with Crippen molar-refractivity contribution in [2.24, 2.45) is 46.3 Å². The Labute approximate surface area is 309 Å². The van der Waals surface area contributed by atoms with Gasteiger partial charge in [0.05, 0.1) is 25.4 Å². The summed E-state index contributed by atoms with van der Waals surface area (Å²) < 4.78 is 10.5. The second-order valence-electron chi connectivity index (χ2n) is 17.9. The van der Waals surface area contributed by atoms with Crippen LogP contribution in [0.1, 0.15) is 93.9 Å². The van der Waals surface area contributed by atoms with Crippen molar-refractivity contribution in [2.75, 3.05) is 27.4 Å². The van der Waals surface area contributed by atoms with E-state index in [4.69, 9.17) is 9.47 Å². The molecule has 0 saturated heterocycles. The lowest BCUT2D eigenvalue weighted by atomic mass is 9.68. The van der Waals surface area contributed by atoms with E-state index in [9.17, 15) is 40.2 Å². The predicted octanol–water partition coefficient (Wildman–Crippen LogP) is 4.01. The lowest BCUT2D eigenvalue weighted by Crippen LogP contribution is -2.41. The minimum atomic E-state index is -1.17. The van der Waals surface area contributed by atoms with E-state index in [1.54, 1.807) is 14.2 Å². The standard InChI is InChI=1S/2C21H32O5/c2*1-11(2)17-14-8-16(22)12(3)13-6-7-21(25,10-26-5)15(13)9-20(14,4)19(24)18(17)23/h2*9,11-13,16,19,22,24-25H,6-8,10H2,1-5H3/b2*15-9+/t2*12-,13+,16+,19-,20-,21+/m11/s1. The fourth-order valence-corrected chi connectivity index (χ4v) is 10.7. The van der Waals surface area contributed by atoms with Gasteiger partial charge in [0.15, 0.2) is 11.6 Å². The fraction of sp³-hybridized carbons (Fsp3) is 0.762. The monoisotopic (exact) mass is 728 g/mol. The molecule has 0 spiro atoms. The van der Waals surface area contributed by atoms with Gasteiger partial charge in [0.2, 0.25) is 0 Å². The number of hydrogen-bond donors (Lipinski definition) is 6. The van der Waals surface area contributed by atoms with E-state index >= 15 is 0 Å². The number of fused-ring (bicyclic) bond motifs is 4. The van der Waals surface area contributed by atoms with Crippen LogP contribution >= 0.6 is 0 Å². The van der Waals surface area contributed by atoms with Crippen LogP contribution in [0.4, 0.5) is 0 Å². The normalized spacial score (nSPS) is 45.3. The highest BCUT2D eigenvalue weighted by molar-refractivity contribution is 6.05. The number of Topliss-reactive ketones (excluding diaryl/α,β-unsaturated/α-hetero) is 2. The molecule has 292 valence electrons. The molecule has 52 heavy (non-hydrogen) atoms. The zero-order valence-corrected chi connectivity index (χ0v) is 32.9. The third-order valence-electron chi connectivity index (χ3n) is 13.9. The molecule has 0 aromatic carbocycles. The van der Waals surface area contributed by atoms with Crippen LogP contribution in [0.2, 0.25) is 0 Å². The lowest BCUT2D eigenvalue weighted by Gasteiger charge is -2.39. The summed E-state index contributed by atoms with van der Waals surface area (Å²) in [5.41, 5.74) is 0.526. The van der Waals surface area contributed by atoms with Crippen molar-refractivity contribution >= 4 is 11.6 Å². The number of carbonyl (C=O) groups excluding carboxylic acids is 2. The maximum atomic E-state index is 12.8. The van der Waals surface area contributed by atoms with E-state index in [-0.39, 0.29) is 60.3 Å². The van der Waals surface area contributed by atoms with Crippen molar-refractivity contribution < 1.29 is 49.7 Å². The lowest BCUT2D eigenvalue weighted by molar-refractivity contribution is -0.125. The highest BCUT2D eigenvalue weighted by atomic mass is 16.5. The molecule has 6 rings (SSSR count). The third-order valence-corrected chi connectivity index (χ3v) is 13.9. The molecular weight excluding hydrogens is 664 g/mol. The predicted molar refractivity (Wildman–Crippen MR) is 197 cm³/mol. The van der Waals surface area contributed by atoms with Gasteiger partial charge in [-0.2, -0.15) is 0 Å². The van der Waals surface area contributed by atoms with Crippen LogP contribution in [-0.2, 0) is 19.1 Å². The summed E-state index contributed by atoms with van der Waals surface area (Å²) in [6.07, 6.45) is 3.71. The van der Waals surface area contributed by atoms with Crippen molar-refractivity contribution in [3.8, 4) is 0 Å². The first kappa shape index (κ1) is 41.1. The Hall–Kier alpha value is -2.02. The zero-order chi connectivity index (χ0) is 38.9. The van der Waals surface area contributed by atoms with Crippen LogP contribution in [0.3, 0.4) is 0 Å². The Bertz CT molecular complexity index is 1440. The summed E-state index contributed by atoms with van der Waals surface area (Å²) in [4.78, 5) is 25.6. The second kappa shape index (κ2) is 14.6. The summed E-state index contributed by atoms with van der Waals surface area (Å²) in [5, 5.41) is 65.9. The summed E-state index contributed by atoms with van der Waals surface area (Å²) in [6, 6.07) is 0. The van der Waals surface area contributed by atoms with Gasteiger partial charge in [-0.1, -0.05) is 53.7 Å². The Morgan fingerprint density at radius 2 is 1.00 bits per heavy atom. The van der Waals surface area contributed by atoms with Crippen molar-refractivity contribution in [2.45, 2.75) is 130 Å². The number of aliphatic hydroxyl groups excluding tert-OH is 4. The zero-order valence-electron chi connectivity index (χ0n) is 32.9. The van der Waals surface area contributed by atoms with Gasteiger partial charge in [0.1, 0.15) is 23.4 Å². The number of aliphatic hydroxyl groups is 6. The first-order valence-corrected chi connectivity index (χ1v) is 19.3. The molecule has 0 aromatic rings. The van der Waals surface area contributed by atoms with Gasteiger partial charge in [0, 0.05) is 36.2 Å². The van der Waals surface area contributed by atoms with Crippen molar-refractivity contribution in [3.63, 3.8) is 0 Å². The molecule has 6 aliphatic rings. The average molecular weight is 729 g/mol. The largest absolute Gasteiger partial charge is 0.392 e. The van der Waals surface area contributed by atoms with Gasteiger partial charge in [0.25, 0.3) is 0 Å². The van der Waals surface area contributed by atoms with Gasteiger partial charge < -0.3 is 40.1 Å². The number of hydrogen-bond acceptors (Lipinski definition) is 10. The minimum Gasteiger partial charge on any atom is -0.392 e. The van der Waals surface area contributed by atoms with Crippen molar-refractivity contribution in [3.05, 3.63) is 45.6 Å². The Balaban J connectivity index is 0.000000201. The van der Waals surface area contributed by atoms with Crippen LogP contribution in [0.25, 0.3) is 0 Å². The Kier molecular flexibility index (Phi) is 11.5. The van der Waals surface area contributed by atoms with E-state index < -0.39 is 46.4 Å². The maximum absolute atomic E-state index is 12.8. The molecule has 2 saturated carbocycles. The van der Waals surface area contributed by atoms with Crippen LogP contribution in [0.15, 0.2) is 45.6 Å². The average Bonchev–Trinajstić information content (AvgIpc) is 3.66. The topological polar surface area (TPSA) is 174 Å². The van der Waals surface area contributed by atoms with Gasteiger partial charge >= 0.3 is 0 Å². The highest BCUT2D eigenvalue weighted by Gasteiger charge is 2.56. The first-order chi connectivity index (χ1) is 24.1. The van der Waals surface area contributed by atoms with Crippen LogP contribution < -0.4 is 0 Å². The quantitative estimate of drug-likeness (QED) is 0.220. The van der Waals surface area contributed by atoms with Gasteiger partial charge in [-0.3, -0.25) is 9.59 Å². The highest BCUT2D eigenvalue weighted by Crippen LogP contribution is 2.56. The maximum Gasteiger partial charge on any atom is 0.188 e. The Morgan fingerprint density at radius 3 is 1.29 bits per heavy atom. The molecule has 10 heteroatoms. The smallest absolute Gasteiger partial charge is 0.188 e. The van der Waals surface area contributed by atoms with Crippen LogP contribution in [-0.4, -0.2) is 105 Å². The number of ketones is 2. The first-order valence-electron chi connectivity index (χ1n) is 19.3. The van der Waals surface area contributed by atoms with E-state index in [0.717, 1.165) is 35.1 Å². The van der Waals surface area contributed by atoms with Gasteiger partial charge in [-0.25, -0.2) is 0 Å². The summed E-state index contributed by atoms with van der Waals surface area (Å²) >= 11 is 0. The molecule has 0 bridgehead atoms. The fourth-order valence-electron chi connectivity index (χ4n) is 10.7. The van der Waals surface area contributed by atoms with E-state index in [0.29, 0.717) is 36.8 Å². The van der Waals surface area contributed by atoms with Crippen molar-refractivity contribution in [1.29, 1.82) is 0 Å². The molecule has 2 fully saturated rings.